The molecule has 0 fully saturated rings. The minimum absolute atomic E-state index is 0.400. The minimum Gasteiger partial charge on any atom is -0.328 e. The van der Waals surface area contributed by atoms with E-state index in [4.69, 9.17) is 4.98 Å². The first-order chi connectivity index (χ1) is 11.1. The molecule has 0 radical (unpaired) electrons. The fraction of sp³-hybridized carbons (Fsp3) is 0.286. The molecule has 118 valence electrons. The lowest BCUT2D eigenvalue weighted by molar-refractivity contribution is 0.657. The van der Waals surface area contributed by atoms with E-state index in [1.807, 2.05) is 0 Å². The summed E-state index contributed by atoms with van der Waals surface area (Å²) in [6.07, 6.45) is 0. The van der Waals surface area contributed by atoms with Crippen molar-refractivity contribution in [1.29, 1.82) is 0 Å². The molecule has 0 spiro atoms. The number of aryl methyl sites for hydroxylation is 1. The van der Waals surface area contributed by atoms with Crippen LogP contribution in [0, 0.1) is 6.92 Å². The summed E-state index contributed by atoms with van der Waals surface area (Å²) in [4.78, 5) is 5.01. The van der Waals surface area contributed by atoms with Gasteiger partial charge in [0.15, 0.2) is 0 Å². The molecule has 2 aromatic carbocycles. The van der Waals surface area contributed by atoms with Crippen LogP contribution in [-0.4, -0.2) is 9.55 Å². The SMILES string of the molecule is CCn1c(C(C)C)nc(-c2ccccc2)c1-c1ccc(C)cc1. The Morgan fingerprint density at radius 3 is 2.13 bits per heavy atom. The van der Waals surface area contributed by atoms with Crippen LogP contribution in [0.5, 0.6) is 0 Å². The molecule has 1 heterocycles. The maximum Gasteiger partial charge on any atom is 0.112 e. The molecular formula is C21H24N2. The lowest BCUT2D eigenvalue weighted by Crippen LogP contribution is -2.05. The molecular weight excluding hydrogens is 280 g/mol. The average Bonchev–Trinajstić information content (AvgIpc) is 2.96. The van der Waals surface area contributed by atoms with E-state index < -0.39 is 0 Å². The van der Waals surface area contributed by atoms with Gasteiger partial charge in [0.2, 0.25) is 0 Å². The largest absolute Gasteiger partial charge is 0.328 e. The van der Waals surface area contributed by atoms with Crippen LogP contribution in [0.4, 0.5) is 0 Å². The first kappa shape index (κ1) is 15.5. The molecule has 0 aliphatic carbocycles. The van der Waals surface area contributed by atoms with Gasteiger partial charge in [0, 0.05) is 23.6 Å². The highest BCUT2D eigenvalue weighted by atomic mass is 15.1. The van der Waals surface area contributed by atoms with Crippen molar-refractivity contribution in [2.24, 2.45) is 0 Å². The molecule has 0 atom stereocenters. The Labute approximate surface area is 138 Å². The summed E-state index contributed by atoms with van der Waals surface area (Å²) in [5.41, 5.74) is 6.00. The number of hydrogen-bond acceptors (Lipinski definition) is 1. The summed E-state index contributed by atoms with van der Waals surface area (Å²) in [6.45, 7) is 9.67. The zero-order valence-corrected chi connectivity index (χ0v) is 14.4. The number of benzene rings is 2. The fourth-order valence-electron chi connectivity index (χ4n) is 3.03. The van der Waals surface area contributed by atoms with Gasteiger partial charge in [-0.05, 0) is 13.8 Å². The van der Waals surface area contributed by atoms with Crippen molar-refractivity contribution in [2.75, 3.05) is 0 Å². The van der Waals surface area contributed by atoms with Gasteiger partial charge in [0.25, 0.3) is 0 Å². The van der Waals surface area contributed by atoms with E-state index in [1.54, 1.807) is 0 Å². The van der Waals surface area contributed by atoms with E-state index in [-0.39, 0.29) is 0 Å². The minimum atomic E-state index is 0.400. The summed E-state index contributed by atoms with van der Waals surface area (Å²) in [7, 11) is 0. The molecule has 0 bridgehead atoms. The van der Waals surface area contributed by atoms with Crippen LogP contribution in [0.15, 0.2) is 54.6 Å². The zero-order valence-electron chi connectivity index (χ0n) is 14.4. The lowest BCUT2D eigenvalue weighted by Gasteiger charge is -2.12. The van der Waals surface area contributed by atoms with E-state index in [0.29, 0.717) is 5.92 Å². The van der Waals surface area contributed by atoms with Crippen molar-refractivity contribution < 1.29 is 0 Å². The van der Waals surface area contributed by atoms with Gasteiger partial charge in [0.1, 0.15) is 5.82 Å². The molecule has 23 heavy (non-hydrogen) atoms. The summed E-state index contributed by atoms with van der Waals surface area (Å²) >= 11 is 0. The molecule has 2 nitrogen and oxygen atoms in total. The zero-order chi connectivity index (χ0) is 16.4. The van der Waals surface area contributed by atoms with Gasteiger partial charge in [-0.3, -0.25) is 0 Å². The molecule has 0 amide bonds. The topological polar surface area (TPSA) is 17.8 Å². The second kappa shape index (κ2) is 6.41. The molecule has 3 rings (SSSR count). The first-order valence-electron chi connectivity index (χ1n) is 8.34. The highest BCUT2D eigenvalue weighted by molar-refractivity contribution is 5.79. The van der Waals surface area contributed by atoms with E-state index >= 15 is 0 Å². The van der Waals surface area contributed by atoms with Crippen molar-refractivity contribution in [3.05, 3.63) is 66.0 Å². The van der Waals surface area contributed by atoms with Gasteiger partial charge >= 0.3 is 0 Å². The van der Waals surface area contributed by atoms with E-state index in [0.717, 1.165) is 18.1 Å². The maximum absolute atomic E-state index is 5.01. The van der Waals surface area contributed by atoms with Gasteiger partial charge in [-0.2, -0.15) is 0 Å². The lowest BCUT2D eigenvalue weighted by atomic mass is 10.0. The highest BCUT2D eigenvalue weighted by Gasteiger charge is 2.20. The number of aromatic nitrogens is 2. The normalized spacial score (nSPS) is 11.2. The van der Waals surface area contributed by atoms with Crippen molar-refractivity contribution >= 4 is 0 Å². The molecule has 0 unspecified atom stereocenters. The van der Waals surface area contributed by atoms with Crippen molar-refractivity contribution in [3.63, 3.8) is 0 Å². The molecule has 0 N–H and O–H groups in total. The van der Waals surface area contributed by atoms with Crippen LogP contribution >= 0.6 is 0 Å². The Kier molecular flexibility index (Phi) is 4.33. The molecule has 1 aromatic heterocycles. The number of hydrogen-bond donors (Lipinski definition) is 0. The smallest absolute Gasteiger partial charge is 0.112 e. The summed E-state index contributed by atoms with van der Waals surface area (Å²) in [6, 6.07) is 19.2. The quantitative estimate of drug-likeness (QED) is 0.607. The molecule has 0 saturated heterocycles. The molecule has 0 saturated carbocycles. The van der Waals surface area contributed by atoms with Crippen molar-refractivity contribution in [1.82, 2.24) is 9.55 Å². The third-order valence-corrected chi connectivity index (χ3v) is 4.20. The third kappa shape index (κ3) is 2.94. The summed E-state index contributed by atoms with van der Waals surface area (Å²) in [5.74, 6) is 1.55. The van der Waals surface area contributed by atoms with Crippen LogP contribution in [0.2, 0.25) is 0 Å². The number of imidazole rings is 1. The standard InChI is InChI=1S/C21H24N2/c1-5-23-20(18-13-11-16(4)12-14-18)19(22-21(23)15(2)3)17-9-7-6-8-10-17/h6-15H,5H2,1-4H3. The Bertz CT molecular complexity index is 781. The van der Waals surface area contributed by atoms with Gasteiger partial charge in [-0.1, -0.05) is 74.0 Å². The Hall–Kier alpha value is -2.35. The van der Waals surface area contributed by atoms with Crippen LogP contribution < -0.4 is 0 Å². The van der Waals surface area contributed by atoms with Crippen LogP contribution in [-0.2, 0) is 6.54 Å². The Morgan fingerprint density at radius 1 is 0.913 bits per heavy atom. The van der Waals surface area contributed by atoms with Gasteiger partial charge in [-0.15, -0.1) is 0 Å². The van der Waals surface area contributed by atoms with Crippen molar-refractivity contribution in [3.8, 4) is 22.5 Å². The average molecular weight is 304 g/mol. The molecule has 3 aromatic rings. The van der Waals surface area contributed by atoms with Crippen molar-refractivity contribution in [2.45, 2.75) is 40.2 Å². The third-order valence-electron chi connectivity index (χ3n) is 4.20. The molecule has 0 aliphatic heterocycles. The highest BCUT2D eigenvalue weighted by Crippen LogP contribution is 2.34. The fourth-order valence-corrected chi connectivity index (χ4v) is 3.03. The predicted molar refractivity (Wildman–Crippen MR) is 97.6 cm³/mol. The predicted octanol–water partition coefficient (Wildman–Crippen LogP) is 5.67. The maximum atomic E-state index is 5.01. The second-order valence-electron chi connectivity index (χ2n) is 6.30. The Morgan fingerprint density at radius 2 is 1.57 bits per heavy atom. The Balaban J connectivity index is 2.28. The van der Waals surface area contributed by atoms with Crippen LogP contribution in [0.1, 0.15) is 38.1 Å². The molecule has 2 heteroatoms. The first-order valence-corrected chi connectivity index (χ1v) is 8.34. The molecule has 0 aliphatic rings. The van der Waals surface area contributed by atoms with Crippen LogP contribution in [0.25, 0.3) is 22.5 Å². The number of nitrogens with zero attached hydrogens (tertiary/aromatic N) is 2. The van der Waals surface area contributed by atoms with Gasteiger partial charge in [0.05, 0.1) is 11.4 Å². The number of rotatable bonds is 4. The summed E-state index contributed by atoms with van der Waals surface area (Å²) < 4.78 is 2.36. The summed E-state index contributed by atoms with van der Waals surface area (Å²) in [5, 5.41) is 0. The van der Waals surface area contributed by atoms with E-state index in [1.165, 1.54) is 22.4 Å². The van der Waals surface area contributed by atoms with E-state index in [9.17, 15) is 0 Å². The van der Waals surface area contributed by atoms with E-state index in [2.05, 4.69) is 86.9 Å². The second-order valence-corrected chi connectivity index (χ2v) is 6.30. The van der Waals surface area contributed by atoms with Gasteiger partial charge < -0.3 is 4.57 Å². The van der Waals surface area contributed by atoms with Crippen LogP contribution in [0.3, 0.4) is 0 Å². The van der Waals surface area contributed by atoms with Gasteiger partial charge in [-0.25, -0.2) is 4.98 Å². The monoisotopic (exact) mass is 304 g/mol.